The molecule has 0 spiro atoms. The summed E-state index contributed by atoms with van der Waals surface area (Å²) in [5.74, 6) is -0.0986. The highest BCUT2D eigenvalue weighted by atomic mass is 35.5. The maximum absolute atomic E-state index is 11.4. The van der Waals surface area contributed by atoms with Gasteiger partial charge in [-0.25, -0.2) is 0 Å². The fourth-order valence-electron chi connectivity index (χ4n) is 1.43. The molecule has 0 aliphatic carbocycles. The number of rotatable bonds is 2. The quantitative estimate of drug-likeness (QED) is 0.593. The monoisotopic (exact) mass is 205 g/mol. The van der Waals surface area contributed by atoms with Crippen LogP contribution in [-0.4, -0.2) is 10.8 Å². The van der Waals surface area contributed by atoms with E-state index >= 15 is 0 Å². The summed E-state index contributed by atoms with van der Waals surface area (Å²) in [7, 11) is 0. The number of para-hydroxylation sites is 1. The Bertz CT molecular complexity index is 513. The molecule has 0 atom stereocenters. The summed E-state index contributed by atoms with van der Waals surface area (Å²) in [4.78, 5) is 14.4. The number of nitrogens with one attached hydrogen (secondary N) is 1. The van der Waals surface area contributed by atoms with Crippen LogP contribution in [0.25, 0.3) is 10.9 Å². The first kappa shape index (κ1) is 9.03. The highest BCUT2D eigenvalue weighted by molar-refractivity contribution is 6.35. The maximum Gasteiger partial charge on any atom is 0.187 e. The summed E-state index contributed by atoms with van der Waals surface area (Å²) < 4.78 is 0. The van der Waals surface area contributed by atoms with Crippen molar-refractivity contribution in [2.45, 2.75) is 0 Å². The Balaban J connectivity index is 2.75. The van der Waals surface area contributed by atoms with Crippen LogP contribution >= 0.6 is 11.6 Å². The minimum absolute atomic E-state index is 0.0986. The third-order valence-electron chi connectivity index (χ3n) is 2.12. The molecule has 2 nitrogen and oxygen atoms in total. The lowest BCUT2D eigenvalue weighted by Gasteiger charge is -1.94. The minimum atomic E-state index is -0.0986. The first-order valence-corrected chi connectivity index (χ1v) is 4.54. The van der Waals surface area contributed by atoms with Crippen LogP contribution in [0, 0.1) is 0 Å². The van der Waals surface area contributed by atoms with Gasteiger partial charge in [-0.15, -0.1) is 0 Å². The van der Waals surface area contributed by atoms with Crippen molar-refractivity contribution in [3.8, 4) is 0 Å². The SMILES string of the molecule is C=CC(=O)c1c[nH]c2c(Cl)cccc12. The van der Waals surface area contributed by atoms with Crippen molar-refractivity contribution in [2.75, 3.05) is 0 Å². The highest BCUT2D eigenvalue weighted by Gasteiger charge is 2.09. The molecule has 3 heteroatoms. The zero-order valence-electron chi connectivity index (χ0n) is 7.38. The third kappa shape index (κ3) is 1.24. The molecule has 0 saturated carbocycles. The summed E-state index contributed by atoms with van der Waals surface area (Å²) in [5, 5.41) is 1.45. The molecular weight excluding hydrogens is 198 g/mol. The first-order valence-electron chi connectivity index (χ1n) is 4.16. The van der Waals surface area contributed by atoms with Crippen molar-refractivity contribution in [1.82, 2.24) is 4.98 Å². The van der Waals surface area contributed by atoms with Gasteiger partial charge in [0.15, 0.2) is 5.78 Å². The largest absolute Gasteiger partial charge is 0.359 e. The third-order valence-corrected chi connectivity index (χ3v) is 2.43. The van der Waals surface area contributed by atoms with E-state index in [-0.39, 0.29) is 5.78 Å². The van der Waals surface area contributed by atoms with Gasteiger partial charge < -0.3 is 4.98 Å². The molecule has 1 heterocycles. The Morgan fingerprint density at radius 3 is 3.00 bits per heavy atom. The molecule has 2 aromatic rings. The molecule has 1 aromatic carbocycles. The van der Waals surface area contributed by atoms with E-state index in [0.717, 1.165) is 10.9 Å². The number of carbonyl (C=O) groups excluding carboxylic acids is 1. The van der Waals surface area contributed by atoms with Gasteiger partial charge in [-0.3, -0.25) is 4.79 Å². The number of aromatic nitrogens is 1. The lowest BCUT2D eigenvalue weighted by atomic mass is 10.1. The van der Waals surface area contributed by atoms with Gasteiger partial charge in [0.05, 0.1) is 10.5 Å². The van der Waals surface area contributed by atoms with Crippen LogP contribution in [-0.2, 0) is 0 Å². The van der Waals surface area contributed by atoms with Crippen molar-refractivity contribution in [1.29, 1.82) is 0 Å². The Morgan fingerprint density at radius 1 is 1.50 bits per heavy atom. The molecule has 0 saturated heterocycles. The number of H-pyrrole nitrogens is 1. The van der Waals surface area contributed by atoms with Gasteiger partial charge in [-0.1, -0.05) is 30.3 Å². The number of benzene rings is 1. The molecule has 0 fully saturated rings. The van der Waals surface area contributed by atoms with E-state index in [1.54, 1.807) is 12.3 Å². The molecule has 0 unspecified atom stereocenters. The number of fused-ring (bicyclic) bond motifs is 1. The first-order chi connectivity index (χ1) is 6.74. The molecule has 70 valence electrons. The minimum Gasteiger partial charge on any atom is -0.359 e. The predicted molar refractivity (Wildman–Crippen MR) is 57.8 cm³/mol. The predicted octanol–water partition coefficient (Wildman–Crippen LogP) is 3.19. The fraction of sp³-hybridized carbons (Fsp3) is 0. The molecule has 0 radical (unpaired) electrons. The van der Waals surface area contributed by atoms with E-state index in [9.17, 15) is 4.79 Å². The van der Waals surface area contributed by atoms with E-state index in [4.69, 9.17) is 11.6 Å². The zero-order chi connectivity index (χ0) is 10.1. The molecule has 1 aromatic heterocycles. The Hall–Kier alpha value is -1.54. The van der Waals surface area contributed by atoms with Crippen LogP contribution in [0.3, 0.4) is 0 Å². The Kier molecular flexibility index (Phi) is 2.14. The standard InChI is InChI=1S/C11H8ClNO/c1-2-10(14)8-6-13-11-7(8)4-3-5-9(11)12/h2-6,13H,1H2. The van der Waals surface area contributed by atoms with Crippen molar-refractivity contribution in [3.63, 3.8) is 0 Å². The Labute approximate surface area is 86.2 Å². The summed E-state index contributed by atoms with van der Waals surface area (Å²) in [5.41, 5.74) is 1.40. The van der Waals surface area contributed by atoms with E-state index < -0.39 is 0 Å². The molecule has 0 aliphatic rings. The number of halogens is 1. The van der Waals surface area contributed by atoms with Crippen LogP contribution in [0.1, 0.15) is 10.4 Å². The number of carbonyl (C=O) groups is 1. The Morgan fingerprint density at radius 2 is 2.29 bits per heavy atom. The second kappa shape index (κ2) is 3.31. The topological polar surface area (TPSA) is 32.9 Å². The molecule has 2 rings (SSSR count). The lowest BCUT2D eigenvalue weighted by molar-refractivity contribution is 0.104. The van der Waals surface area contributed by atoms with Crippen LogP contribution in [0.15, 0.2) is 37.1 Å². The van der Waals surface area contributed by atoms with Gasteiger partial charge in [0.1, 0.15) is 0 Å². The normalized spacial score (nSPS) is 10.4. The second-order valence-electron chi connectivity index (χ2n) is 2.93. The van der Waals surface area contributed by atoms with Crippen LogP contribution < -0.4 is 0 Å². The number of allylic oxidation sites excluding steroid dienone is 1. The van der Waals surface area contributed by atoms with Crippen LogP contribution in [0.5, 0.6) is 0 Å². The summed E-state index contributed by atoms with van der Waals surface area (Å²) >= 11 is 5.95. The zero-order valence-corrected chi connectivity index (χ0v) is 8.14. The van der Waals surface area contributed by atoms with Gasteiger partial charge in [0.25, 0.3) is 0 Å². The van der Waals surface area contributed by atoms with Gasteiger partial charge in [-0.05, 0) is 12.1 Å². The van der Waals surface area contributed by atoms with E-state index in [2.05, 4.69) is 11.6 Å². The smallest absolute Gasteiger partial charge is 0.187 e. The van der Waals surface area contributed by atoms with Gasteiger partial charge in [0, 0.05) is 17.1 Å². The lowest BCUT2D eigenvalue weighted by Crippen LogP contribution is -1.90. The molecule has 14 heavy (non-hydrogen) atoms. The number of hydrogen-bond donors (Lipinski definition) is 1. The summed E-state index contributed by atoms with van der Waals surface area (Å²) in [6, 6.07) is 5.45. The van der Waals surface area contributed by atoms with Crippen molar-refractivity contribution < 1.29 is 4.79 Å². The maximum atomic E-state index is 11.4. The average Bonchev–Trinajstić information content (AvgIpc) is 2.62. The van der Waals surface area contributed by atoms with E-state index in [1.165, 1.54) is 6.08 Å². The van der Waals surface area contributed by atoms with E-state index in [1.807, 2.05) is 12.1 Å². The number of hydrogen-bond acceptors (Lipinski definition) is 1. The van der Waals surface area contributed by atoms with Gasteiger partial charge in [0.2, 0.25) is 0 Å². The van der Waals surface area contributed by atoms with Gasteiger partial charge >= 0.3 is 0 Å². The van der Waals surface area contributed by atoms with E-state index in [0.29, 0.717) is 10.6 Å². The van der Waals surface area contributed by atoms with Crippen LogP contribution in [0.4, 0.5) is 0 Å². The highest BCUT2D eigenvalue weighted by Crippen LogP contribution is 2.25. The summed E-state index contributed by atoms with van der Waals surface area (Å²) in [6.07, 6.45) is 2.95. The number of ketones is 1. The molecule has 0 aliphatic heterocycles. The second-order valence-corrected chi connectivity index (χ2v) is 3.34. The fourth-order valence-corrected chi connectivity index (χ4v) is 1.66. The van der Waals surface area contributed by atoms with Crippen molar-refractivity contribution >= 4 is 28.3 Å². The van der Waals surface area contributed by atoms with Crippen LogP contribution in [0.2, 0.25) is 5.02 Å². The average molecular weight is 206 g/mol. The summed E-state index contributed by atoms with van der Waals surface area (Å²) in [6.45, 7) is 3.45. The molecular formula is C11H8ClNO. The van der Waals surface area contributed by atoms with Crippen molar-refractivity contribution in [2.24, 2.45) is 0 Å². The molecule has 0 bridgehead atoms. The number of aromatic amines is 1. The molecule has 0 amide bonds. The molecule has 1 N–H and O–H groups in total. The van der Waals surface area contributed by atoms with Crippen molar-refractivity contribution in [3.05, 3.63) is 47.6 Å². The van der Waals surface area contributed by atoms with Gasteiger partial charge in [-0.2, -0.15) is 0 Å².